The van der Waals surface area contributed by atoms with Gasteiger partial charge in [-0.05, 0) is 12.1 Å². The minimum atomic E-state index is -1.24. The summed E-state index contributed by atoms with van der Waals surface area (Å²) in [4.78, 5) is 38.1. The largest absolute Gasteiger partial charge is 0.478 e. The Morgan fingerprint density at radius 1 is 1.04 bits per heavy atom. The zero-order valence-electron chi connectivity index (χ0n) is 15.3. The standard InChI is InChI=1S/C19H22N2O7/c1-2-6-26-8-10-28-11-9-27-7-5-21-19(25)16-12-15(13-20-14-16)17(22)3-4-18(23)24/h1,3-4,12-14H,5-11H2,(H,21,25)(H,23,24)/b4-3+. The summed E-state index contributed by atoms with van der Waals surface area (Å²) in [7, 11) is 0. The summed E-state index contributed by atoms with van der Waals surface area (Å²) in [5, 5.41) is 11.2. The Morgan fingerprint density at radius 3 is 2.36 bits per heavy atom. The molecule has 2 N–H and O–H groups in total. The Labute approximate surface area is 162 Å². The number of ketones is 1. The van der Waals surface area contributed by atoms with Gasteiger partial charge in [0.2, 0.25) is 0 Å². The molecule has 0 fully saturated rings. The van der Waals surface area contributed by atoms with Crippen molar-refractivity contribution in [2.45, 2.75) is 0 Å². The smallest absolute Gasteiger partial charge is 0.328 e. The van der Waals surface area contributed by atoms with Crippen LogP contribution in [0.4, 0.5) is 0 Å². The maximum absolute atomic E-state index is 12.1. The number of nitrogens with zero attached hydrogens (tertiary/aromatic N) is 1. The summed E-state index contributed by atoms with van der Waals surface area (Å²) in [6, 6.07) is 1.34. The second-order valence-corrected chi connectivity index (χ2v) is 5.24. The first-order valence-corrected chi connectivity index (χ1v) is 8.40. The molecule has 0 atom stereocenters. The number of terminal acetylenes is 1. The summed E-state index contributed by atoms with van der Waals surface area (Å²) >= 11 is 0. The number of rotatable bonds is 14. The van der Waals surface area contributed by atoms with Gasteiger partial charge in [0, 0.05) is 30.6 Å². The van der Waals surface area contributed by atoms with Crippen LogP contribution >= 0.6 is 0 Å². The van der Waals surface area contributed by atoms with E-state index in [9.17, 15) is 14.4 Å². The van der Waals surface area contributed by atoms with Crippen LogP contribution in [0.15, 0.2) is 30.6 Å². The quantitative estimate of drug-likeness (QED) is 0.201. The molecular weight excluding hydrogens is 368 g/mol. The number of aromatic nitrogens is 1. The van der Waals surface area contributed by atoms with Crippen LogP contribution in [0.2, 0.25) is 0 Å². The van der Waals surface area contributed by atoms with Gasteiger partial charge in [-0.3, -0.25) is 14.6 Å². The molecule has 28 heavy (non-hydrogen) atoms. The van der Waals surface area contributed by atoms with E-state index >= 15 is 0 Å². The number of ether oxygens (including phenoxy) is 3. The predicted molar refractivity (Wildman–Crippen MR) is 99.0 cm³/mol. The molecule has 0 aromatic carbocycles. The molecular formula is C19H22N2O7. The zero-order chi connectivity index (χ0) is 20.6. The summed E-state index contributed by atoms with van der Waals surface area (Å²) in [6.07, 6.45) is 9.22. The maximum Gasteiger partial charge on any atom is 0.328 e. The lowest BCUT2D eigenvalue weighted by Gasteiger charge is -2.07. The number of allylic oxidation sites excluding steroid dienone is 1. The predicted octanol–water partition coefficient (Wildman–Crippen LogP) is 0.318. The number of carboxylic acids is 1. The van der Waals surface area contributed by atoms with Crippen LogP contribution in [0.3, 0.4) is 0 Å². The van der Waals surface area contributed by atoms with Gasteiger partial charge in [-0.1, -0.05) is 5.92 Å². The molecule has 1 amide bonds. The molecule has 9 heteroatoms. The van der Waals surface area contributed by atoms with Crippen molar-refractivity contribution in [3.63, 3.8) is 0 Å². The average Bonchev–Trinajstić information content (AvgIpc) is 2.70. The highest BCUT2D eigenvalue weighted by atomic mass is 16.5. The minimum absolute atomic E-state index is 0.116. The monoisotopic (exact) mass is 390 g/mol. The normalized spacial score (nSPS) is 10.5. The van der Waals surface area contributed by atoms with Gasteiger partial charge < -0.3 is 24.6 Å². The topological polar surface area (TPSA) is 124 Å². The first kappa shape index (κ1) is 23.0. The fraction of sp³-hybridized carbons (Fsp3) is 0.368. The number of amides is 1. The SMILES string of the molecule is C#CCOCCOCCOCCNC(=O)c1cncc(C(=O)/C=C/C(=O)O)c1. The molecule has 0 aliphatic carbocycles. The Bertz CT molecular complexity index is 725. The molecule has 0 radical (unpaired) electrons. The Hall–Kier alpha value is -3.06. The number of aliphatic carboxylic acids is 1. The van der Waals surface area contributed by atoms with Gasteiger partial charge in [0.1, 0.15) is 6.61 Å². The molecule has 0 aliphatic rings. The van der Waals surface area contributed by atoms with Crippen molar-refractivity contribution in [3.8, 4) is 12.3 Å². The van der Waals surface area contributed by atoms with Crippen molar-refractivity contribution in [1.29, 1.82) is 0 Å². The van der Waals surface area contributed by atoms with E-state index < -0.39 is 17.7 Å². The minimum Gasteiger partial charge on any atom is -0.478 e. The number of carbonyl (C=O) groups excluding carboxylic acids is 2. The summed E-state index contributed by atoms with van der Waals surface area (Å²) in [6.45, 7) is 2.41. The van der Waals surface area contributed by atoms with E-state index in [1.165, 1.54) is 18.5 Å². The van der Waals surface area contributed by atoms with E-state index in [0.717, 1.165) is 12.2 Å². The molecule has 9 nitrogen and oxygen atoms in total. The molecule has 0 bridgehead atoms. The fourth-order valence-electron chi connectivity index (χ4n) is 1.85. The molecule has 0 spiro atoms. The van der Waals surface area contributed by atoms with Gasteiger partial charge >= 0.3 is 5.97 Å². The van der Waals surface area contributed by atoms with E-state index in [4.69, 9.17) is 25.7 Å². The van der Waals surface area contributed by atoms with Crippen molar-refractivity contribution in [1.82, 2.24) is 10.3 Å². The third kappa shape index (κ3) is 10.2. The third-order valence-corrected chi connectivity index (χ3v) is 3.12. The van der Waals surface area contributed by atoms with Crippen molar-refractivity contribution in [3.05, 3.63) is 41.7 Å². The molecule has 0 saturated carbocycles. The van der Waals surface area contributed by atoms with Gasteiger partial charge in [0.15, 0.2) is 5.78 Å². The Balaban J connectivity index is 2.24. The van der Waals surface area contributed by atoms with Crippen LogP contribution in [-0.2, 0) is 19.0 Å². The number of hydrogen-bond acceptors (Lipinski definition) is 7. The number of hydrogen-bond donors (Lipinski definition) is 2. The highest BCUT2D eigenvalue weighted by molar-refractivity contribution is 6.07. The Morgan fingerprint density at radius 2 is 1.68 bits per heavy atom. The van der Waals surface area contributed by atoms with E-state index in [2.05, 4.69) is 16.2 Å². The zero-order valence-corrected chi connectivity index (χ0v) is 15.3. The van der Waals surface area contributed by atoms with Crippen molar-refractivity contribution >= 4 is 17.7 Å². The van der Waals surface area contributed by atoms with Crippen molar-refractivity contribution in [2.24, 2.45) is 0 Å². The van der Waals surface area contributed by atoms with Gasteiger partial charge in [-0.25, -0.2) is 4.79 Å². The van der Waals surface area contributed by atoms with Crippen LogP contribution in [0.5, 0.6) is 0 Å². The van der Waals surface area contributed by atoms with E-state index in [1.807, 2.05) is 0 Å². The fourth-order valence-corrected chi connectivity index (χ4v) is 1.85. The lowest BCUT2D eigenvalue weighted by molar-refractivity contribution is -0.131. The molecule has 1 rings (SSSR count). The second-order valence-electron chi connectivity index (χ2n) is 5.24. The molecule has 0 unspecified atom stereocenters. The first-order valence-electron chi connectivity index (χ1n) is 8.40. The Kier molecular flexibility index (Phi) is 11.5. The second kappa shape index (κ2) is 14.1. The number of carboxylic acid groups (broad SMARTS) is 1. The first-order chi connectivity index (χ1) is 13.5. The maximum atomic E-state index is 12.1. The summed E-state index contributed by atoms with van der Waals surface area (Å²) < 4.78 is 15.6. The highest BCUT2D eigenvalue weighted by Gasteiger charge is 2.09. The van der Waals surface area contributed by atoms with Crippen LogP contribution in [0.25, 0.3) is 0 Å². The van der Waals surface area contributed by atoms with Gasteiger partial charge in [-0.2, -0.15) is 0 Å². The van der Waals surface area contributed by atoms with Crippen molar-refractivity contribution in [2.75, 3.05) is 46.2 Å². The average molecular weight is 390 g/mol. The van der Waals surface area contributed by atoms with Crippen LogP contribution in [-0.4, -0.2) is 73.9 Å². The highest BCUT2D eigenvalue weighted by Crippen LogP contribution is 2.05. The van der Waals surface area contributed by atoms with Gasteiger partial charge in [-0.15, -0.1) is 6.42 Å². The number of pyridine rings is 1. The third-order valence-electron chi connectivity index (χ3n) is 3.12. The van der Waals surface area contributed by atoms with E-state index in [1.54, 1.807) is 0 Å². The van der Waals surface area contributed by atoms with E-state index in [0.29, 0.717) is 26.4 Å². The molecule has 0 saturated heterocycles. The number of carbonyl (C=O) groups is 3. The van der Waals surface area contributed by atoms with Crippen LogP contribution < -0.4 is 5.32 Å². The van der Waals surface area contributed by atoms with Crippen LogP contribution in [0.1, 0.15) is 20.7 Å². The van der Waals surface area contributed by atoms with Crippen molar-refractivity contribution < 1.29 is 33.7 Å². The molecule has 1 heterocycles. The summed E-state index contributed by atoms with van der Waals surface area (Å²) in [5.41, 5.74) is 0.301. The molecule has 1 aromatic rings. The molecule has 0 aliphatic heterocycles. The van der Waals surface area contributed by atoms with Crippen LogP contribution in [0, 0.1) is 12.3 Å². The molecule has 150 valence electrons. The van der Waals surface area contributed by atoms with E-state index in [-0.39, 0.29) is 30.9 Å². The number of nitrogens with one attached hydrogen (secondary N) is 1. The lowest BCUT2D eigenvalue weighted by Crippen LogP contribution is -2.28. The van der Waals surface area contributed by atoms with Gasteiger partial charge in [0.25, 0.3) is 5.91 Å². The van der Waals surface area contributed by atoms with Gasteiger partial charge in [0.05, 0.1) is 38.6 Å². The molecule has 1 aromatic heterocycles. The lowest BCUT2D eigenvalue weighted by atomic mass is 10.1. The summed E-state index contributed by atoms with van der Waals surface area (Å²) in [5.74, 6) is 0.133.